The van der Waals surface area contributed by atoms with Gasteiger partial charge in [-0.3, -0.25) is 0 Å². The summed E-state index contributed by atoms with van der Waals surface area (Å²) in [6.45, 7) is 1.84. The number of halogens is 1. The molecule has 1 aliphatic carbocycles. The minimum Gasteiger partial charge on any atom is -0.507 e. The molecule has 1 heterocycles. The van der Waals surface area contributed by atoms with Crippen LogP contribution in [-0.2, 0) is 0 Å². The molecular formula is C20H19FN4O. The van der Waals surface area contributed by atoms with Crippen LogP contribution in [0.25, 0.3) is 11.3 Å². The minimum atomic E-state index is -0.322. The maximum absolute atomic E-state index is 14.1. The topological polar surface area (TPSA) is 70.1 Å². The molecule has 4 rings (SSSR count). The summed E-state index contributed by atoms with van der Waals surface area (Å²) in [5, 5.41) is 16.5. The van der Waals surface area contributed by atoms with Crippen LogP contribution >= 0.6 is 0 Å². The van der Waals surface area contributed by atoms with Gasteiger partial charge in [-0.25, -0.2) is 14.4 Å². The van der Waals surface area contributed by atoms with E-state index in [-0.39, 0.29) is 11.6 Å². The molecule has 1 saturated carbocycles. The molecule has 1 aliphatic rings. The van der Waals surface area contributed by atoms with Gasteiger partial charge < -0.3 is 15.7 Å². The average molecular weight is 350 g/mol. The summed E-state index contributed by atoms with van der Waals surface area (Å²) in [4.78, 5) is 8.69. The van der Waals surface area contributed by atoms with E-state index in [2.05, 4.69) is 20.6 Å². The lowest BCUT2D eigenvalue weighted by molar-refractivity contribution is 0.477. The molecule has 0 spiro atoms. The predicted molar refractivity (Wildman–Crippen MR) is 100 cm³/mol. The van der Waals surface area contributed by atoms with Crippen molar-refractivity contribution in [3.63, 3.8) is 0 Å². The largest absolute Gasteiger partial charge is 0.507 e. The normalized spacial score (nSPS) is 13.5. The zero-order valence-corrected chi connectivity index (χ0v) is 14.3. The molecule has 3 aromatic rings. The van der Waals surface area contributed by atoms with E-state index in [0.717, 1.165) is 18.4 Å². The Morgan fingerprint density at radius 2 is 1.96 bits per heavy atom. The van der Waals surface area contributed by atoms with Crippen LogP contribution in [-0.4, -0.2) is 21.1 Å². The van der Waals surface area contributed by atoms with Crippen LogP contribution in [0.5, 0.6) is 5.75 Å². The van der Waals surface area contributed by atoms with E-state index in [1.165, 1.54) is 6.07 Å². The zero-order chi connectivity index (χ0) is 18.1. The Balaban J connectivity index is 1.63. The van der Waals surface area contributed by atoms with Crippen LogP contribution in [0, 0.1) is 12.7 Å². The highest BCUT2D eigenvalue weighted by molar-refractivity contribution is 5.74. The molecule has 0 radical (unpaired) electrons. The van der Waals surface area contributed by atoms with Crippen molar-refractivity contribution in [3.8, 4) is 17.0 Å². The highest BCUT2D eigenvalue weighted by atomic mass is 19.1. The number of aromatic nitrogens is 2. The fourth-order valence-corrected chi connectivity index (χ4v) is 2.68. The SMILES string of the molecule is Cc1ccc(Nc2ccc(O)c(-c3ccnc(NC4CC4)n3)c2)c(F)c1. The number of phenolic OH excluding ortho intramolecular Hbond substituents is 1. The molecule has 5 nitrogen and oxygen atoms in total. The lowest BCUT2D eigenvalue weighted by Crippen LogP contribution is -2.05. The van der Waals surface area contributed by atoms with E-state index < -0.39 is 0 Å². The molecule has 0 saturated heterocycles. The molecule has 1 aromatic heterocycles. The first-order valence-electron chi connectivity index (χ1n) is 8.54. The number of aryl methyl sites for hydroxylation is 1. The monoisotopic (exact) mass is 350 g/mol. The van der Waals surface area contributed by atoms with E-state index in [1.54, 1.807) is 36.5 Å². The quantitative estimate of drug-likeness (QED) is 0.586. The summed E-state index contributed by atoms with van der Waals surface area (Å²) in [5.41, 5.74) is 3.07. The predicted octanol–water partition coefficient (Wildman–Crippen LogP) is 4.61. The van der Waals surface area contributed by atoms with Gasteiger partial charge in [0.2, 0.25) is 5.95 Å². The van der Waals surface area contributed by atoms with Gasteiger partial charge in [-0.15, -0.1) is 0 Å². The summed E-state index contributed by atoms with van der Waals surface area (Å²) in [5.74, 6) is 0.334. The minimum absolute atomic E-state index is 0.107. The van der Waals surface area contributed by atoms with E-state index >= 15 is 0 Å². The van der Waals surface area contributed by atoms with Crippen molar-refractivity contribution in [1.29, 1.82) is 0 Å². The first kappa shape index (κ1) is 16.3. The third-order valence-corrected chi connectivity index (χ3v) is 4.24. The Labute approximate surface area is 150 Å². The Morgan fingerprint density at radius 1 is 1.12 bits per heavy atom. The summed E-state index contributed by atoms with van der Waals surface area (Å²) >= 11 is 0. The van der Waals surface area contributed by atoms with Gasteiger partial charge in [-0.1, -0.05) is 6.07 Å². The van der Waals surface area contributed by atoms with Gasteiger partial charge in [0.25, 0.3) is 0 Å². The van der Waals surface area contributed by atoms with Crippen molar-refractivity contribution in [2.24, 2.45) is 0 Å². The van der Waals surface area contributed by atoms with E-state index in [1.807, 2.05) is 13.0 Å². The molecule has 0 atom stereocenters. The second-order valence-corrected chi connectivity index (χ2v) is 6.52. The molecule has 3 N–H and O–H groups in total. The van der Waals surface area contributed by atoms with Crippen molar-refractivity contribution in [2.75, 3.05) is 10.6 Å². The second kappa shape index (κ2) is 6.63. The number of nitrogens with one attached hydrogen (secondary N) is 2. The lowest BCUT2D eigenvalue weighted by atomic mass is 10.1. The van der Waals surface area contributed by atoms with Crippen LogP contribution in [0.2, 0.25) is 0 Å². The van der Waals surface area contributed by atoms with Crippen LogP contribution in [0.4, 0.5) is 21.7 Å². The van der Waals surface area contributed by atoms with Crippen molar-refractivity contribution < 1.29 is 9.50 Å². The van der Waals surface area contributed by atoms with Crippen LogP contribution in [0.15, 0.2) is 48.7 Å². The smallest absolute Gasteiger partial charge is 0.223 e. The number of aromatic hydroxyl groups is 1. The standard InChI is InChI=1S/C20H19FN4O/c1-12-2-6-18(16(21)10-12)23-14-5-7-19(26)15(11-14)17-8-9-22-20(25-17)24-13-3-4-13/h2,5-11,13,23,26H,3-4H2,1H3,(H,22,24,25). The van der Waals surface area contributed by atoms with Crippen molar-refractivity contribution in [2.45, 2.75) is 25.8 Å². The molecular weight excluding hydrogens is 331 g/mol. The number of hydrogen-bond donors (Lipinski definition) is 3. The van der Waals surface area contributed by atoms with Gasteiger partial charge in [0, 0.05) is 23.5 Å². The highest BCUT2D eigenvalue weighted by Gasteiger charge is 2.22. The third-order valence-electron chi connectivity index (χ3n) is 4.24. The van der Waals surface area contributed by atoms with Crippen molar-refractivity contribution >= 4 is 17.3 Å². The molecule has 26 heavy (non-hydrogen) atoms. The molecule has 1 fully saturated rings. The maximum atomic E-state index is 14.1. The summed E-state index contributed by atoms with van der Waals surface area (Å²) in [6, 6.07) is 12.2. The molecule has 0 amide bonds. The molecule has 0 bridgehead atoms. The first-order valence-corrected chi connectivity index (χ1v) is 8.54. The Hall–Kier alpha value is -3.15. The van der Waals surface area contributed by atoms with Crippen molar-refractivity contribution in [1.82, 2.24) is 9.97 Å². The Morgan fingerprint density at radius 3 is 2.73 bits per heavy atom. The highest BCUT2D eigenvalue weighted by Crippen LogP contribution is 2.33. The van der Waals surface area contributed by atoms with Gasteiger partial charge >= 0.3 is 0 Å². The molecule has 6 heteroatoms. The number of phenols is 1. The third kappa shape index (κ3) is 3.59. The molecule has 0 aliphatic heterocycles. The lowest BCUT2D eigenvalue weighted by Gasteiger charge is -2.12. The van der Waals surface area contributed by atoms with E-state index in [4.69, 9.17) is 0 Å². The number of rotatable bonds is 5. The van der Waals surface area contributed by atoms with Gasteiger partial charge in [0.05, 0.1) is 11.4 Å². The second-order valence-electron chi connectivity index (χ2n) is 6.52. The number of benzene rings is 2. The average Bonchev–Trinajstić information content (AvgIpc) is 3.43. The summed E-state index contributed by atoms with van der Waals surface area (Å²) in [7, 11) is 0. The summed E-state index contributed by atoms with van der Waals surface area (Å²) in [6.07, 6.45) is 3.91. The number of anilines is 3. The van der Waals surface area contributed by atoms with Crippen LogP contribution < -0.4 is 10.6 Å². The fraction of sp³-hybridized carbons (Fsp3) is 0.200. The van der Waals surface area contributed by atoms with Gasteiger partial charge in [-0.05, 0) is 61.7 Å². The maximum Gasteiger partial charge on any atom is 0.223 e. The fourth-order valence-electron chi connectivity index (χ4n) is 2.68. The van der Waals surface area contributed by atoms with Crippen LogP contribution in [0.3, 0.4) is 0 Å². The molecule has 2 aromatic carbocycles. The van der Waals surface area contributed by atoms with Crippen molar-refractivity contribution in [3.05, 3.63) is 60.0 Å². The number of hydrogen-bond acceptors (Lipinski definition) is 5. The molecule has 132 valence electrons. The summed E-state index contributed by atoms with van der Waals surface area (Å²) < 4.78 is 14.1. The number of nitrogens with zero attached hydrogens (tertiary/aromatic N) is 2. The Bertz CT molecular complexity index is 956. The van der Waals surface area contributed by atoms with E-state index in [0.29, 0.717) is 34.6 Å². The molecule has 0 unspecified atom stereocenters. The Kier molecular flexibility index (Phi) is 4.16. The first-order chi connectivity index (χ1) is 12.6. The van der Waals surface area contributed by atoms with Gasteiger partial charge in [-0.2, -0.15) is 0 Å². The zero-order valence-electron chi connectivity index (χ0n) is 14.3. The van der Waals surface area contributed by atoms with Crippen LogP contribution in [0.1, 0.15) is 18.4 Å². The van der Waals surface area contributed by atoms with Gasteiger partial charge in [0.1, 0.15) is 11.6 Å². The van der Waals surface area contributed by atoms with E-state index in [9.17, 15) is 9.50 Å². The van der Waals surface area contributed by atoms with Gasteiger partial charge in [0.15, 0.2) is 0 Å².